The molecule has 0 N–H and O–H groups in total. The first-order valence-electron chi connectivity index (χ1n) is 9.41. The minimum Gasteiger partial charge on any atom is -0.296 e. The van der Waals surface area contributed by atoms with Crippen LogP contribution in [0.2, 0.25) is 0 Å². The van der Waals surface area contributed by atoms with Gasteiger partial charge >= 0.3 is 0 Å². The number of rotatable bonds is 4. The highest BCUT2D eigenvalue weighted by Crippen LogP contribution is 2.33. The number of fused-ring (bicyclic) bond motifs is 6. The molecule has 2 aromatic heterocycles. The van der Waals surface area contributed by atoms with E-state index in [2.05, 4.69) is 68.5 Å². The normalized spacial score (nSPS) is 11.8. The molecule has 0 unspecified atom stereocenters. The Kier molecular flexibility index (Phi) is 3.99. The van der Waals surface area contributed by atoms with Crippen LogP contribution in [0, 0.1) is 20.8 Å². The maximum Gasteiger partial charge on any atom is 0.145 e. The van der Waals surface area contributed by atoms with Crippen LogP contribution >= 0.6 is 0 Å². The van der Waals surface area contributed by atoms with Crippen LogP contribution in [0.3, 0.4) is 0 Å². The molecule has 25 heavy (non-hydrogen) atoms. The van der Waals surface area contributed by atoms with Crippen LogP contribution < -0.4 is 0 Å². The Morgan fingerprint density at radius 2 is 1.80 bits per heavy atom. The van der Waals surface area contributed by atoms with Crippen LogP contribution in [-0.2, 0) is 6.42 Å². The van der Waals surface area contributed by atoms with Crippen molar-refractivity contribution in [2.24, 2.45) is 0 Å². The van der Waals surface area contributed by atoms with Crippen LogP contribution in [-0.4, -0.2) is 9.38 Å². The van der Waals surface area contributed by atoms with Crippen molar-refractivity contribution < 1.29 is 0 Å². The zero-order chi connectivity index (χ0) is 17.6. The Labute approximate surface area is 149 Å². The van der Waals surface area contributed by atoms with Crippen LogP contribution in [0.4, 0.5) is 0 Å². The fourth-order valence-corrected chi connectivity index (χ4v) is 4.01. The lowest BCUT2D eigenvalue weighted by atomic mass is 9.98. The zero-order valence-corrected chi connectivity index (χ0v) is 15.7. The Hall–Kier alpha value is -2.35. The first-order valence-corrected chi connectivity index (χ1v) is 9.41. The van der Waals surface area contributed by atoms with Gasteiger partial charge in [0, 0.05) is 16.5 Å². The number of pyridine rings is 1. The monoisotopic (exact) mass is 330 g/mol. The highest BCUT2D eigenvalue weighted by molar-refractivity contribution is 6.13. The van der Waals surface area contributed by atoms with Gasteiger partial charge in [-0.25, -0.2) is 4.98 Å². The number of hydrogen-bond donors (Lipinski definition) is 0. The molecule has 4 rings (SSSR count). The topological polar surface area (TPSA) is 17.3 Å². The molecule has 4 aromatic rings. The lowest BCUT2D eigenvalue weighted by molar-refractivity contribution is 0.718. The molecule has 0 aliphatic heterocycles. The Balaban J connectivity index is 2.09. The third kappa shape index (κ3) is 2.52. The first-order chi connectivity index (χ1) is 12.1. The number of unbranched alkanes of at least 4 members (excludes halogenated alkanes) is 2. The van der Waals surface area contributed by atoms with Gasteiger partial charge in [0.2, 0.25) is 0 Å². The minimum absolute atomic E-state index is 1.08. The quantitative estimate of drug-likeness (QED) is 0.317. The summed E-state index contributed by atoms with van der Waals surface area (Å²) in [5, 5.41) is 3.97. The molecule has 0 atom stereocenters. The molecule has 2 heteroatoms. The summed E-state index contributed by atoms with van der Waals surface area (Å²) in [5.74, 6) is 0. The second kappa shape index (κ2) is 6.18. The van der Waals surface area contributed by atoms with Crippen LogP contribution in [0.5, 0.6) is 0 Å². The van der Waals surface area contributed by atoms with Crippen LogP contribution in [0.15, 0.2) is 36.4 Å². The molecular weight excluding hydrogens is 304 g/mol. The van der Waals surface area contributed by atoms with Crippen molar-refractivity contribution in [3.05, 3.63) is 58.9 Å². The van der Waals surface area contributed by atoms with Crippen molar-refractivity contribution in [3.8, 4) is 0 Å². The van der Waals surface area contributed by atoms with E-state index >= 15 is 0 Å². The smallest absolute Gasteiger partial charge is 0.145 e. The van der Waals surface area contributed by atoms with Crippen molar-refractivity contribution in [2.75, 3.05) is 0 Å². The van der Waals surface area contributed by atoms with E-state index in [1.54, 1.807) is 0 Å². The first kappa shape index (κ1) is 16.1. The Morgan fingerprint density at radius 3 is 2.60 bits per heavy atom. The Bertz CT molecular complexity index is 1090. The Morgan fingerprint density at radius 1 is 0.960 bits per heavy atom. The van der Waals surface area contributed by atoms with Gasteiger partial charge in [0.1, 0.15) is 5.65 Å². The van der Waals surface area contributed by atoms with Crippen molar-refractivity contribution in [1.82, 2.24) is 9.38 Å². The lowest BCUT2D eigenvalue weighted by Gasteiger charge is -2.13. The summed E-state index contributed by atoms with van der Waals surface area (Å²) >= 11 is 0. The van der Waals surface area contributed by atoms with Gasteiger partial charge in [-0.2, -0.15) is 0 Å². The second-order valence-electron chi connectivity index (χ2n) is 7.25. The number of aromatic nitrogens is 2. The summed E-state index contributed by atoms with van der Waals surface area (Å²) in [6, 6.07) is 13.6. The summed E-state index contributed by atoms with van der Waals surface area (Å²) in [6.07, 6.45) is 5.00. The predicted molar refractivity (Wildman–Crippen MR) is 108 cm³/mol. The molecule has 0 aliphatic rings. The van der Waals surface area contributed by atoms with E-state index in [1.807, 2.05) is 0 Å². The summed E-state index contributed by atoms with van der Waals surface area (Å²) in [4.78, 5) is 4.88. The standard InChI is InChI=1S/C23H26N2/c1-5-6-7-10-18-12-13-21-20(14-18)22-15(2)9-8-11-19(22)23-24-16(3)17(4)25(21)23/h8-9,11-14H,5-7,10H2,1-4H3. The van der Waals surface area contributed by atoms with Gasteiger partial charge in [0.25, 0.3) is 0 Å². The molecule has 0 bridgehead atoms. The lowest BCUT2D eigenvalue weighted by Crippen LogP contribution is -1.96. The summed E-state index contributed by atoms with van der Waals surface area (Å²) in [5.41, 5.74) is 7.48. The van der Waals surface area contributed by atoms with Crippen molar-refractivity contribution in [1.29, 1.82) is 0 Å². The van der Waals surface area contributed by atoms with E-state index in [4.69, 9.17) is 4.98 Å². The molecular formula is C23H26N2. The number of hydrogen-bond acceptors (Lipinski definition) is 1. The number of aryl methyl sites for hydroxylation is 4. The third-order valence-corrected chi connectivity index (χ3v) is 5.50. The van der Waals surface area contributed by atoms with E-state index in [-0.39, 0.29) is 0 Å². The minimum atomic E-state index is 1.08. The number of imidazole rings is 1. The van der Waals surface area contributed by atoms with Crippen molar-refractivity contribution >= 4 is 27.3 Å². The predicted octanol–water partition coefficient (Wildman–Crippen LogP) is 6.30. The van der Waals surface area contributed by atoms with Crippen LogP contribution in [0.25, 0.3) is 27.3 Å². The number of benzene rings is 2. The molecule has 0 aliphatic carbocycles. The SMILES string of the molecule is CCCCCc1ccc2c(c1)c1c(C)cccc1c1nc(C)c(C)n21. The molecule has 2 nitrogen and oxygen atoms in total. The average molecular weight is 330 g/mol. The highest BCUT2D eigenvalue weighted by Gasteiger charge is 2.15. The average Bonchev–Trinajstić information content (AvgIpc) is 2.91. The molecule has 128 valence electrons. The van der Waals surface area contributed by atoms with Gasteiger partial charge in [-0.05, 0) is 62.3 Å². The van der Waals surface area contributed by atoms with Gasteiger partial charge in [-0.1, -0.05) is 44.0 Å². The molecule has 0 saturated carbocycles. The molecule has 0 amide bonds. The van der Waals surface area contributed by atoms with Gasteiger partial charge in [0.05, 0.1) is 11.2 Å². The summed E-state index contributed by atoms with van der Waals surface area (Å²) < 4.78 is 2.34. The fourth-order valence-electron chi connectivity index (χ4n) is 4.01. The zero-order valence-electron chi connectivity index (χ0n) is 15.7. The summed E-state index contributed by atoms with van der Waals surface area (Å²) in [6.45, 7) is 8.75. The maximum atomic E-state index is 4.88. The van der Waals surface area contributed by atoms with Gasteiger partial charge < -0.3 is 0 Å². The maximum absolute atomic E-state index is 4.88. The van der Waals surface area contributed by atoms with E-state index < -0.39 is 0 Å². The fraction of sp³-hybridized carbons (Fsp3) is 0.348. The largest absolute Gasteiger partial charge is 0.296 e. The second-order valence-corrected chi connectivity index (χ2v) is 7.25. The summed E-state index contributed by atoms with van der Waals surface area (Å²) in [7, 11) is 0. The molecule has 0 fully saturated rings. The van der Waals surface area contributed by atoms with E-state index in [0.29, 0.717) is 0 Å². The molecule has 2 aromatic carbocycles. The van der Waals surface area contributed by atoms with Crippen molar-refractivity contribution in [3.63, 3.8) is 0 Å². The van der Waals surface area contributed by atoms with E-state index in [9.17, 15) is 0 Å². The van der Waals surface area contributed by atoms with Gasteiger partial charge in [-0.15, -0.1) is 0 Å². The van der Waals surface area contributed by atoms with E-state index in [1.165, 1.54) is 57.8 Å². The van der Waals surface area contributed by atoms with Gasteiger partial charge in [-0.3, -0.25) is 4.40 Å². The van der Waals surface area contributed by atoms with Gasteiger partial charge in [0.15, 0.2) is 0 Å². The van der Waals surface area contributed by atoms with E-state index in [0.717, 1.165) is 17.8 Å². The molecule has 2 heterocycles. The molecule has 0 radical (unpaired) electrons. The van der Waals surface area contributed by atoms with Crippen molar-refractivity contribution in [2.45, 2.75) is 53.4 Å². The third-order valence-electron chi connectivity index (χ3n) is 5.50. The van der Waals surface area contributed by atoms with Crippen LogP contribution in [0.1, 0.15) is 48.7 Å². The highest BCUT2D eigenvalue weighted by atomic mass is 15.0. The molecule has 0 saturated heterocycles. The number of nitrogens with zero attached hydrogens (tertiary/aromatic N) is 2. The molecule has 0 spiro atoms.